The third-order valence-corrected chi connectivity index (χ3v) is 3.63. The maximum Gasteiger partial charge on any atom is 0.253 e. The smallest absolute Gasteiger partial charge is 0.253 e. The maximum absolute atomic E-state index is 11.8. The van der Waals surface area contributed by atoms with Gasteiger partial charge in [-0.05, 0) is 18.2 Å². The summed E-state index contributed by atoms with van der Waals surface area (Å²) in [5, 5.41) is 2.85. The highest BCUT2D eigenvalue weighted by Crippen LogP contribution is 2.24. The number of imidazole rings is 1. The van der Waals surface area contributed by atoms with Gasteiger partial charge in [0.2, 0.25) is 0 Å². The van der Waals surface area contributed by atoms with E-state index in [1.54, 1.807) is 18.7 Å². The second-order valence-electron chi connectivity index (χ2n) is 4.95. The SMILES string of the molecule is O=C1NCCc2[nH]c(-c3ccnc(-n4ccnc4)c3)cc21. The van der Waals surface area contributed by atoms with Gasteiger partial charge in [-0.1, -0.05) is 0 Å². The Balaban J connectivity index is 1.77. The van der Waals surface area contributed by atoms with Crippen molar-refractivity contribution in [2.45, 2.75) is 6.42 Å². The van der Waals surface area contributed by atoms with E-state index in [0.29, 0.717) is 6.54 Å². The number of amides is 1. The van der Waals surface area contributed by atoms with Crippen molar-refractivity contribution < 1.29 is 4.79 Å². The summed E-state index contributed by atoms with van der Waals surface area (Å²) in [5.41, 5.74) is 3.66. The number of rotatable bonds is 2. The van der Waals surface area contributed by atoms with Crippen molar-refractivity contribution in [3.63, 3.8) is 0 Å². The molecule has 0 unspecified atom stereocenters. The van der Waals surface area contributed by atoms with E-state index in [1.165, 1.54) is 0 Å². The van der Waals surface area contributed by atoms with Crippen LogP contribution in [0.25, 0.3) is 17.1 Å². The van der Waals surface area contributed by atoms with Gasteiger partial charge in [-0.25, -0.2) is 9.97 Å². The Morgan fingerprint density at radius 1 is 1.24 bits per heavy atom. The second-order valence-corrected chi connectivity index (χ2v) is 4.95. The number of hydrogen-bond acceptors (Lipinski definition) is 3. The van der Waals surface area contributed by atoms with Crippen LogP contribution in [0.5, 0.6) is 0 Å². The van der Waals surface area contributed by atoms with Crippen molar-refractivity contribution in [3.05, 3.63) is 54.4 Å². The Kier molecular flexibility index (Phi) is 2.60. The first-order chi connectivity index (χ1) is 10.3. The first-order valence-corrected chi connectivity index (χ1v) is 6.76. The van der Waals surface area contributed by atoms with Gasteiger partial charge in [0.15, 0.2) is 0 Å². The zero-order chi connectivity index (χ0) is 14.2. The number of pyridine rings is 1. The van der Waals surface area contributed by atoms with Crippen LogP contribution < -0.4 is 5.32 Å². The predicted octanol–water partition coefficient (Wildman–Crippen LogP) is 1.55. The third-order valence-electron chi connectivity index (χ3n) is 3.63. The Labute approximate surface area is 120 Å². The molecule has 0 saturated carbocycles. The summed E-state index contributed by atoms with van der Waals surface area (Å²) in [6.07, 6.45) is 7.86. The number of nitrogens with one attached hydrogen (secondary N) is 2. The molecule has 0 aromatic carbocycles. The van der Waals surface area contributed by atoms with Gasteiger partial charge in [0.25, 0.3) is 5.91 Å². The molecular formula is C15H13N5O. The average molecular weight is 279 g/mol. The summed E-state index contributed by atoms with van der Waals surface area (Å²) in [4.78, 5) is 23.5. The normalized spacial score (nSPS) is 13.8. The number of carbonyl (C=O) groups is 1. The van der Waals surface area contributed by atoms with Crippen molar-refractivity contribution in [2.24, 2.45) is 0 Å². The summed E-state index contributed by atoms with van der Waals surface area (Å²) in [6, 6.07) is 5.79. The van der Waals surface area contributed by atoms with E-state index in [-0.39, 0.29) is 5.91 Å². The minimum atomic E-state index is -0.0114. The molecule has 104 valence electrons. The second kappa shape index (κ2) is 4.59. The fraction of sp³-hybridized carbons (Fsp3) is 0.133. The molecule has 1 aliphatic heterocycles. The van der Waals surface area contributed by atoms with Crippen molar-refractivity contribution in [1.82, 2.24) is 24.8 Å². The zero-order valence-corrected chi connectivity index (χ0v) is 11.2. The van der Waals surface area contributed by atoms with Gasteiger partial charge in [-0.3, -0.25) is 9.36 Å². The number of fused-ring (bicyclic) bond motifs is 1. The van der Waals surface area contributed by atoms with E-state index in [4.69, 9.17) is 0 Å². The lowest BCUT2D eigenvalue weighted by molar-refractivity contribution is 0.0946. The predicted molar refractivity (Wildman–Crippen MR) is 77.2 cm³/mol. The summed E-state index contributed by atoms with van der Waals surface area (Å²) in [5.74, 6) is 0.782. The van der Waals surface area contributed by atoms with Crippen LogP contribution in [0.2, 0.25) is 0 Å². The molecule has 0 aliphatic carbocycles. The van der Waals surface area contributed by atoms with Gasteiger partial charge in [0, 0.05) is 48.5 Å². The molecule has 3 aromatic heterocycles. The van der Waals surface area contributed by atoms with E-state index >= 15 is 0 Å². The monoisotopic (exact) mass is 279 g/mol. The van der Waals surface area contributed by atoms with Crippen LogP contribution in [-0.4, -0.2) is 32.0 Å². The van der Waals surface area contributed by atoms with Crippen molar-refractivity contribution in [3.8, 4) is 17.1 Å². The molecule has 4 heterocycles. The van der Waals surface area contributed by atoms with Gasteiger partial charge in [0.05, 0.1) is 5.56 Å². The topological polar surface area (TPSA) is 75.6 Å². The lowest BCUT2D eigenvalue weighted by atomic mass is 10.1. The minimum absolute atomic E-state index is 0.0114. The number of nitrogens with zero attached hydrogens (tertiary/aromatic N) is 3. The number of hydrogen-bond donors (Lipinski definition) is 2. The molecule has 0 saturated heterocycles. The lowest BCUT2D eigenvalue weighted by Crippen LogP contribution is -2.31. The van der Waals surface area contributed by atoms with Crippen molar-refractivity contribution in [2.75, 3.05) is 6.54 Å². The first-order valence-electron chi connectivity index (χ1n) is 6.76. The van der Waals surface area contributed by atoms with Crippen LogP contribution in [-0.2, 0) is 6.42 Å². The highest BCUT2D eigenvalue weighted by molar-refractivity contribution is 5.97. The summed E-state index contributed by atoms with van der Waals surface area (Å²) >= 11 is 0. The Morgan fingerprint density at radius 3 is 3.00 bits per heavy atom. The standard InChI is InChI=1S/C15H13N5O/c21-15-11-8-13(19-12(11)2-4-18-15)10-1-3-17-14(7-10)20-6-5-16-9-20/h1,3,5-9,19H,2,4H2,(H,18,21). The molecule has 6 nitrogen and oxygen atoms in total. The van der Waals surface area contributed by atoms with Gasteiger partial charge >= 0.3 is 0 Å². The van der Waals surface area contributed by atoms with E-state index in [2.05, 4.69) is 20.3 Å². The van der Waals surface area contributed by atoms with E-state index in [1.807, 2.05) is 29.0 Å². The average Bonchev–Trinajstić information content (AvgIpc) is 3.18. The molecule has 4 rings (SSSR count). The largest absolute Gasteiger partial charge is 0.358 e. The third kappa shape index (κ3) is 2.01. The van der Waals surface area contributed by atoms with E-state index in [0.717, 1.165) is 34.8 Å². The molecule has 1 amide bonds. The number of aromatic amines is 1. The van der Waals surface area contributed by atoms with Crippen molar-refractivity contribution >= 4 is 5.91 Å². The molecule has 0 bridgehead atoms. The molecule has 2 N–H and O–H groups in total. The van der Waals surface area contributed by atoms with Gasteiger partial charge in [-0.15, -0.1) is 0 Å². The number of carbonyl (C=O) groups excluding carboxylic acids is 1. The maximum atomic E-state index is 11.8. The fourth-order valence-electron chi connectivity index (χ4n) is 2.57. The fourth-order valence-corrected chi connectivity index (χ4v) is 2.57. The zero-order valence-electron chi connectivity index (χ0n) is 11.2. The summed E-state index contributed by atoms with van der Waals surface area (Å²) < 4.78 is 1.85. The molecule has 0 spiro atoms. The highest BCUT2D eigenvalue weighted by atomic mass is 16.1. The van der Waals surface area contributed by atoms with Gasteiger partial charge in [0.1, 0.15) is 12.1 Å². The Morgan fingerprint density at radius 2 is 2.19 bits per heavy atom. The molecule has 21 heavy (non-hydrogen) atoms. The summed E-state index contributed by atoms with van der Waals surface area (Å²) in [6.45, 7) is 0.683. The van der Waals surface area contributed by atoms with Crippen molar-refractivity contribution in [1.29, 1.82) is 0 Å². The molecule has 0 radical (unpaired) electrons. The molecule has 0 fully saturated rings. The number of H-pyrrole nitrogens is 1. The highest BCUT2D eigenvalue weighted by Gasteiger charge is 2.20. The van der Waals surface area contributed by atoms with E-state index in [9.17, 15) is 4.79 Å². The Hall–Kier alpha value is -2.89. The Bertz CT molecular complexity index is 803. The van der Waals surface area contributed by atoms with Crippen LogP contribution >= 0.6 is 0 Å². The first kappa shape index (κ1) is 11.9. The van der Waals surface area contributed by atoms with Crippen LogP contribution in [0.15, 0.2) is 43.1 Å². The molecule has 0 atom stereocenters. The molecular weight excluding hydrogens is 266 g/mol. The lowest BCUT2D eigenvalue weighted by Gasteiger charge is -2.10. The minimum Gasteiger partial charge on any atom is -0.358 e. The van der Waals surface area contributed by atoms with Crippen LogP contribution in [0.1, 0.15) is 16.1 Å². The number of aromatic nitrogens is 4. The molecule has 3 aromatic rings. The quantitative estimate of drug-likeness (QED) is 0.747. The van der Waals surface area contributed by atoms with E-state index < -0.39 is 0 Å². The van der Waals surface area contributed by atoms with Crippen LogP contribution in [0.4, 0.5) is 0 Å². The van der Waals surface area contributed by atoms with Crippen LogP contribution in [0, 0.1) is 0 Å². The van der Waals surface area contributed by atoms with Gasteiger partial charge in [-0.2, -0.15) is 0 Å². The van der Waals surface area contributed by atoms with Gasteiger partial charge < -0.3 is 10.3 Å². The molecule has 6 heteroatoms. The summed E-state index contributed by atoms with van der Waals surface area (Å²) in [7, 11) is 0. The van der Waals surface area contributed by atoms with Crippen LogP contribution in [0.3, 0.4) is 0 Å². The molecule has 1 aliphatic rings.